The fourth-order valence-electron chi connectivity index (χ4n) is 5.38. The number of aromatic hydroxyl groups is 1. The molecule has 0 spiro atoms. The molecule has 0 radical (unpaired) electrons. The Morgan fingerprint density at radius 3 is 2.69 bits per heavy atom. The van der Waals surface area contributed by atoms with Gasteiger partial charge in [-0.25, -0.2) is 4.79 Å². The first kappa shape index (κ1) is 18.0. The zero-order valence-electron chi connectivity index (χ0n) is 16.7. The summed E-state index contributed by atoms with van der Waals surface area (Å²) in [6.45, 7) is 4.28. The summed E-state index contributed by atoms with van der Waals surface area (Å²) in [6.07, 6.45) is 3.11. The van der Waals surface area contributed by atoms with Crippen LogP contribution in [0.1, 0.15) is 55.7 Å². The van der Waals surface area contributed by atoms with Gasteiger partial charge >= 0.3 is 6.16 Å². The van der Waals surface area contributed by atoms with Crippen molar-refractivity contribution in [3.63, 3.8) is 0 Å². The monoisotopic (exact) mass is 388 g/mol. The zero-order valence-corrected chi connectivity index (χ0v) is 16.7. The number of ether oxygens (including phenoxy) is 2. The van der Waals surface area contributed by atoms with Crippen LogP contribution in [0.25, 0.3) is 10.8 Å². The summed E-state index contributed by atoms with van der Waals surface area (Å²) < 4.78 is 11.3. The third-order valence-electron chi connectivity index (χ3n) is 6.65. The highest BCUT2D eigenvalue weighted by Gasteiger charge is 2.50. The Kier molecular flexibility index (Phi) is 4.05. The van der Waals surface area contributed by atoms with E-state index in [-0.39, 0.29) is 5.41 Å². The van der Waals surface area contributed by atoms with Gasteiger partial charge in [0, 0.05) is 21.9 Å². The molecule has 29 heavy (non-hydrogen) atoms. The molecule has 148 valence electrons. The van der Waals surface area contributed by atoms with Crippen LogP contribution in [0.2, 0.25) is 0 Å². The van der Waals surface area contributed by atoms with Crippen LogP contribution in [-0.4, -0.2) is 11.3 Å². The predicted molar refractivity (Wildman–Crippen MR) is 112 cm³/mol. The van der Waals surface area contributed by atoms with Crippen molar-refractivity contribution in [2.75, 3.05) is 0 Å². The van der Waals surface area contributed by atoms with Gasteiger partial charge in [-0.15, -0.1) is 0 Å². The molecular weight excluding hydrogens is 364 g/mol. The smallest absolute Gasteiger partial charge is 0.507 e. The fourth-order valence-corrected chi connectivity index (χ4v) is 5.38. The molecule has 1 fully saturated rings. The van der Waals surface area contributed by atoms with Gasteiger partial charge in [-0.1, -0.05) is 50.2 Å². The maximum atomic E-state index is 12.7. The average Bonchev–Trinajstić information content (AvgIpc) is 3.25. The van der Waals surface area contributed by atoms with Crippen molar-refractivity contribution >= 4 is 16.9 Å². The highest BCUT2D eigenvalue weighted by atomic mass is 16.7. The Morgan fingerprint density at radius 1 is 1.14 bits per heavy atom. The third-order valence-corrected chi connectivity index (χ3v) is 6.65. The Labute approximate surface area is 170 Å². The standard InChI is InChI=1S/C25H24O4/c1-3-15-8-7-11-18-19(15)23(29-24(27)28-17-9-5-4-6-10-17)20-16-12-13-25(2,14-16)21(20)22(18)26/h4-11,16,26H,3,12-14H2,1-2H3. The molecule has 4 nitrogen and oxygen atoms in total. The molecule has 0 aromatic heterocycles. The van der Waals surface area contributed by atoms with Crippen molar-refractivity contribution < 1.29 is 19.4 Å². The van der Waals surface area contributed by atoms with Gasteiger partial charge in [0.05, 0.1) is 0 Å². The SMILES string of the molecule is CCc1cccc2c(O)c3c(c(OC(=O)Oc4ccccc4)c12)C1CCC3(C)C1. The van der Waals surface area contributed by atoms with E-state index >= 15 is 0 Å². The summed E-state index contributed by atoms with van der Waals surface area (Å²) in [7, 11) is 0. The lowest BCUT2D eigenvalue weighted by Gasteiger charge is -2.28. The number of phenols is 1. The van der Waals surface area contributed by atoms with Crippen LogP contribution in [-0.2, 0) is 11.8 Å². The molecule has 1 N–H and O–H groups in total. The van der Waals surface area contributed by atoms with Crippen molar-refractivity contribution in [3.05, 3.63) is 65.2 Å². The Morgan fingerprint density at radius 2 is 1.93 bits per heavy atom. The van der Waals surface area contributed by atoms with E-state index in [4.69, 9.17) is 9.47 Å². The van der Waals surface area contributed by atoms with Crippen molar-refractivity contribution in [1.29, 1.82) is 0 Å². The molecule has 0 saturated heterocycles. The minimum atomic E-state index is -0.746. The van der Waals surface area contributed by atoms with E-state index in [1.54, 1.807) is 12.1 Å². The normalized spacial score (nSPS) is 21.9. The highest BCUT2D eigenvalue weighted by Crippen LogP contribution is 2.64. The van der Waals surface area contributed by atoms with Gasteiger partial charge in [-0.3, -0.25) is 0 Å². The van der Waals surface area contributed by atoms with E-state index in [0.29, 0.717) is 23.2 Å². The second-order valence-corrected chi connectivity index (χ2v) is 8.43. The van der Waals surface area contributed by atoms with Gasteiger partial charge in [0.25, 0.3) is 0 Å². The number of para-hydroxylation sites is 1. The first-order valence-electron chi connectivity index (χ1n) is 10.3. The van der Waals surface area contributed by atoms with E-state index in [9.17, 15) is 9.90 Å². The molecule has 2 atom stereocenters. The number of aryl methyl sites for hydroxylation is 1. The van der Waals surface area contributed by atoms with Gasteiger partial charge in [-0.05, 0) is 54.7 Å². The van der Waals surface area contributed by atoms with E-state index in [1.165, 1.54) is 0 Å². The number of rotatable bonds is 3. The van der Waals surface area contributed by atoms with Gasteiger partial charge in [-0.2, -0.15) is 0 Å². The first-order chi connectivity index (χ1) is 14.0. The first-order valence-corrected chi connectivity index (χ1v) is 10.3. The second kappa shape index (κ2) is 6.51. The number of benzene rings is 3. The van der Waals surface area contributed by atoms with Crippen molar-refractivity contribution in [1.82, 2.24) is 0 Å². The molecule has 1 saturated carbocycles. The number of carbonyl (C=O) groups is 1. The molecule has 2 aliphatic carbocycles. The van der Waals surface area contributed by atoms with Crippen molar-refractivity contribution in [2.24, 2.45) is 0 Å². The molecule has 0 amide bonds. The summed E-state index contributed by atoms with van der Waals surface area (Å²) >= 11 is 0. The van der Waals surface area contributed by atoms with Gasteiger partial charge in [0.2, 0.25) is 0 Å². The minimum absolute atomic E-state index is 0.0675. The second-order valence-electron chi connectivity index (χ2n) is 8.43. The summed E-state index contributed by atoms with van der Waals surface area (Å²) in [5.74, 6) is 1.66. The maximum Gasteiger partial charge on any atom is 0.519 e. The Hall–Kier alpha value is -3.01. The predicted octanol–water partition coefficient (Wildman–Crippen LogP) is 6.22. The van der Waals surface area contributed by atoms with E-state index in [1.807, 2.05) is 36.4 Å². The number of phenolic OH excluding ortho intramolecular Hbond substituents is 1. The van der Waals surface area contributed by atoms with Crippen LogP contribution in [0.5, 0.6) is 17.2 Å². The van der Waals surface area contributed by atoms with Crippen LogP contribution in [0, 0.1) is 0 Å². The highest BCUT2D eigenvalue weighted by molar-refractivity contribution is 6.00. The van der Waals surface area contributed by atoms with Gasteiger partial charge < -0.3 is 14.6 Å². The van der Waals surface area contributed by atoms with E-state index in [0.717, 1.165) is 53.1 Å². The largest absolute Gasteiger partial charge is 0.519 e. The van der Waals surface area contributed by atoms with Crippen LogP contribution >= 0.6 is 0 Å². The quantitative estimate of drug-likeness (QED) is 0.427. The molecule has 0 aliphatic heterocycles. The number of hydrogen-bond acceptors (Lipinski definition) is 4. The van der Waals surface area contributed by atoms with Crippen LogP contribution in [0.4, 0.5) is 4.79 Å². The van der Waals surface area contributed by atoms with Gasteiger partial charge in [0.1, 0.15) is 17.2 Å². The van der Waals surface area contributed by atoms with Crippen LogP contribution < -0.4 is 9.47 Å². The van der Waals surface area contributed by atoms with E-state index in [2.05, 4.69) is 13.8 Å². The average molecular weight is 388 g/mol. The minimum Gasteiger partial charge on any atom is -0.507 e. The molecule has 5 rings (SSSR count). The van der Waals surface area contributed by atoms with E-state index < -0.39 is 6.16 Å². The maximum absolute atomic E-state index is 12.7. The number of hydrogen-bond donors (Lipinski definition) is 1. The molecule has 0 heterocycles. The fraction of sp³-hybridized carbons (Fsp3) is 0.320. The summed E-state index contributed by atoms with van der Waals surface area (Å²) in [5, 5.41) is 12.8. The molecule has 2 unspecified atom stereocenters. The molecule has 3 aromatic carbocycles. The summed E-state index contributed by atoms with van der Waals surface area (Å²) in [4.78, 5) is 12.7. The molecule has 2 bridgehead atoms. The van der Waals surface area contributed by atoms with Crippen molar-refractivity contribution in [3.8, 4) is 17.2 Å². The van der Waals surface area contributed by atoms with Gasteiger partial charge in [0.15, 0.2) is 0 Å². The number of carbonyl (C=O) groups excluding carboxylic acids is 1. The zero-order chi connectivity index (χ0) is 20.2. The lowest BCUT2D eigenvalue weighted by molar-refractivity contribution is 0.152. The third kappa shape index (κ3) is 2.70. The summed E-state index contributed by atoms with van der Waals surface area (Å²) in [5.41, 5.74) is 2.93. The number of fused-ring (bicyclic) bond motifs is 6. The lowest BCUT2D eigenvalue weighted by atomic mass is 9.78. The summed E-state index contributed by atoms with van der Waals surface area (Å²) in [6, 6.07) is 14.8. The molecule has 4 heteroatoms. The topological polar surface area (TPSA) is 55.8 Å². The van der Waals surface area contributed by atoms with Crippen LogP contribution in [0.3, 0.4) is 0 Å². The molecule has 2 aliphatic rings. The molecular formula is C25H24O4. The Bertz CT molecular complexity index is 1120. The van der Waals surface area contributed by atoms with Crippen LogP contribution in [0.15, 0.2) is 48.5 Å². The molecule has 3 aromatic rings. The lowest BCUT2D eigenvalue weighted by Crippen LogP contribution is -2.19. The van der Waals surface area contributed by atoms with Crippen molar-refractivity contribution in [2.45, 2.75) is 50.9 Å². The Balaban J connectivity index is 1.69.